The van der Waals surface area contributed by atoms with Gasteiger partial charge in [0.15, 0.2) is 0 Å². The molecule has 1 saturated heterocycles. The highest BCUT2D eigenvalue weighted by Crippen LogP contribution is 2.21. The highest BCUT2D eigenvalue weighted by Gasteiger charge is 2.32. The number of rotatable bonds is 2. The molecule has 1 fully saturated rings. The zero-order valence-electron chi connectivity index (χ0n) is 11.3. The van der Waals surface area contributed by atoms with Crippen LogP contribution in [0.4, 0.5) is 0 Å². The van der Waals surface area contributed by atoms with Gasteiger partial charge in [-0.15, -0.1) is 0 Å². The lowest BCUT2D eigenvalue weighted by Crippen LogP contribution is -2.48. The molecule has 102 valence electrons. The lowest BCUT2D eigenvalue weighted by Gasteiger charge is -2.33. The molecule has 0 radical (unpaired) electrons. The molecule has 0 spiro atoms. The van der Waals surface area contributed by atoms with Crippen LogP contribution in [0.2, 0.25) is 0 Å². The Morgan fingerprint density at radius 3 is 2.63 bits per heavy atom. The van der Waals surface area contributed by atoms with Crippen LogP contribution < -0.4 is 0 Å². The molecule has 4 nitrogen and oxygen atoms in total. The van der Waals surface area contributed by atoms with E-state index in [2.05, 4.69) is 0 Å². The highest BCUT2D eigenvalue weighted by molar-refractivity contribution is 5.98. The molecule has 0 bridgehead atoms. The van der Waals surface area contributed by atoms with Crippen molar-refractivity contribution < 1.29 is 14.7 Å². The van der Waals surface area contributed by atoms with Gasteiger partial charge in [-0.2, -0.15) is 0 Å². The van der Waals surface area contributed by atoms with E-state index >= 15 is 0 Å². The van der Waals surface area contributed by atoms with E-state index < -0.39 is 12.0 Å². The van der Waals surface area contributed by atoms with E-state index in [-0.39, 0.29) is 5.91 Å². The molecule has 0 aliphatic carbocycles. The maximum atomic E-state index is 12.5. The van der Waals surface area contributed by atoms with Crippen molar-refractivity contribution in [2.75, 3.05) is 6.54 Å². The van der Waals surface area contributed by atoms with Crippen LogP contribution in [0.3, 0.4) is 0 Å². The minimum Gasteiger partial charge on any atom is -0.480 e. The van der Waals surface area contributed by atoms with Gasteiger partial charge in [-0.05, 0) is 44.7 Å². The molecule has 1 amide bonds. The summed E-state index contributed by atoms with van der Waals surface area (Å²) < 4.78 is 0. The molecule has 1 N–H and O–H groups in total. The van der Waals surface area contributed by atoms with E-state index in [0.29, 0.717) is 18.5 Å². The van der Waals surface area contributed by atoms with Gasteiger partial charge in [-0.25, -0.2) is 4.79 Å². The fourth-order valence-electron chi connectivity index (χ4n) is 2.64. The minimum absolute atomic E-state index is 0.162. The first-order valence-corrected chi connectivity index (χ1v) is 6.61. The number of piperidine rings is 1. The largest absolute Gasteiger partial charge is 0.480 e. The number of aliphatic carboxylic acids is 1. The molecule has 1 aliphatic rings. The van der Waals surface area contributed by atoms with E-state index in [1.165, 1.54) is 4.90 Å². The molecule has 0 aromatic heterocycles. The molecule has 1 atom stereocenters. The monoisotopic (exact) mass is 261 g/mol. The smallest absolute Gasteiger partial charge is 0.326 e. The van der Waals surface area contributed by atoms with E-state index in [1.54, 1.807) is 6.07 Å². The average Bonchev–Trinajstić information content (AvgIpc) is 2.38. The fourth-order valence-corrected chi connectivity index (χ4v) is 2.64. The lowest BCUT2D eigenvalue weighted by atomic mass is 9.99. The van der Waals surface area contributed by atoms with Gasteiger partial charge in [0.25, 0.3) is 5.91 Å². The second-order valence-electron chi connectivity index (χ2n) is 5.17. The summed E-state index contributed by atoms with van der Waals surface area (Å²) in [5, 5.41) is 9.22. The van der Waals surface area contributed by atoms with Crippen LogP contribution in [-0.4, -0.2) is 34.5 Å². The Kier molecular flexibility index (Phi) is 3.88. The summed E-state index contributed by atoms with van der Waals surface area (Å²) in [6.45, 7) is 4.39. The molecule has 19 heavy (non-hydrogen) atoms. The summed E-state index contributed by atoms with van der Waals surface area (Å²) >= 11 is 0. The summed E-state index contributed by atoms with van der Waals surface area (Å²) in [5.74, 6) is -1.07. The third-order valence-corrected chi connectivity index (χ3v) is 3.66. The van der Waals surface area contributed by atoms with Crippen molar-refractivity contribution in [3.8, 4) is 0 Å². The van der Waals surface area contributed by atoms with Gasteiger partial charge in [0.2, 0.25) is 0 Å². The van der Waals surface area contributed by atoms with E-state index in [1.807, 2.05) is 26.0 Å². The molecule has 0 unspecified atom stereocenters. The van der Waals surface area contributed by atoms with Crippen LogP contribution in [0.15, 0.2) is 18.2 Å². The summed E-state index contributed by atoms with van der Waals surface area (Å²) in [5.41, 5.74) is 2.61. The lowest BCUT2D eigenvalue weighted by molar-refractivity contribution is -0.143. The first-order chi connectivity index (χ1) is 9.00. The molecule has 1 aliphatic heterocycles. The number of carbonyl (C=O) groups excluding carboxylic acids is 1. The molecular formula is C15H19NO3. The zero-order valence-corrected chi connectivity index (χ0v) is 11.3. The zero-order chi connectivity index (χ0) is 14.0. The van der Waals surface area contributed by atoms with E-state index in [4.69, 9.17) is 0 Å². The number of carboxylic acids is 1. The van der Waals surface area contributed by atoms with Crippen molar-refractivity contribution >= 4 is 11.9 Å². The Morgan fingerprint density at radius 1 is 1.26 bits per heavy atom. The minimum atomic E-state index is -0.905. The standard InChI is InChI=1S/C15H19NO3/c1-10-6-7-12(11(2)9-10)14(17)16-8-4-3-5-13(16)15(18)19/h6-7,9,13H,3-5,8H2,1-2H3,(H,18,19)/t13-/m1/s1. The van der Waals surface area contributed by atoms with Gasteiger partial charge in [0, 0.05) is 12.1 Å². The van der Waals surface area contributed by atoms with Crippen molar-refractivity contribution in [1.29, 1.82) is 0 Å². The second kappa shape index (κ2) is 5.43. The third-order valence-electron chi connectivity index (χ3n) is 3.66. The first-order valence-electron chi connectivity index (χ1n) is 6.61. The molecule has 1 heterocycles. The van der Waals surface area contributed by atoms with E-state index in [9.17, 15) is 14.7 Å². The number of benzene rings is 1. The predicted octanol–water partition coefficient (Wildman–Crippen LogP) is 2.38. The second-order valence-corrected chi connectivity index (χ2v) is 5.17. The van der Waals surface area contributed by atoms with Crippen LogP contribution >= 0.6 is 0 Å². The van der Waals surface area contributed by atoms with Crippen molar-refractivity contribution in [3.05, 3.63) is 34.9 Å². The first kappa shape index (κ1) is 13.6. The van der Waals surface area contributed by atoms with Gasteiger partial charge in [-0.1, -0.05) is 17.7 Å². The topological polar surface area (TPSA) is 57.6 Å². The van der Waals surface area contributed by atoms with Crippen LogP contribution in [0.5, 0.6) is 0 Å². The molecule has 1 aromatic rings. The number of amides is 1. The van der Waals surface area contributed by atoms with E-state index in [0.717, 1.165) is 24.0 Å². The Balaban J connectivity index is 2.28. The highest BCUT2D eigenvalue weighted by atomic mass is 16.4. The van der Waals surface area contributed by atoms with Crippen molar-refractivity contribution in [2.24, 2.45) is 0 Å². The van der Waals surface area contributed by atoms with Gasteiger partial charge in [0.1, 0.15) is 6.04 Å². The summed E-state index contributed by atoms with van der Waals surface area (Å²) in [6.07, 6.45) is 2.29. The normalized spacial score (nSPS) is 19.3. The predicted molar refractivity (Wildman–Crippen MR) is 72.2 cm³/mol. The maximum Gasteiger partial charge on any atom is 0.326 e. The fraction of sp³-hybridized carbons (Fsp3) is 0.467. The van der Waals surface area contributed by atoms with Crippen LogP contribution in [-0.2, 0) is 4.79 Å². The average molecular weight is 261 g/mol. The number of carbonyl (C=O) groups is 2. The van der Waals surface area contributed by atoms with Gasteiger partial charge in [0.05, 0.1) is 0 Å². The Labute approximate surface area is 113 Å². The van der Waals surface area contributed by atoms with Crippen molar-refractivity contribution in [1.82, 2.24) is 4.90 Å². The van der Waals surface area contributed by atoms with Gasteiger partial charge >= 0.3 is 5.97 Å². The number of hydrogen-bond acceptors (Lipinski definition) is 2. The third kappa shape index (κ3) is 2.78. The molecule has 2 rings (SSSR count). The van der Waals surface area contributed by atoms with Crippen molar-refractivity contribution in [2.45, 2.75) is 39.2 Å². The van der Waals surface area contributed by atoms with Crippen LogP contribution in [0.1, 0.15) is 40.7 Å². The summed E-state index contributed by atoms with van der Waals surface area (Å²) in [7, 11) is 0. The molecular weight excluding hydrogens is 242 g/mol. The SMILES string of the molecule is Cc1ccc(C(=O)N2CCCC[C@@H]2C(=O)O)c(C)c1. The number of hydrogen-bond donors (Lipinski definition) is 1. The van der Waals surface area contributed by atoms with Gasteiger partial charge < -0.3 is 10.0 Å². The number of carboxylic acid groups (broad SMARTS) is 1. The molecule has 4 heteroatoms. The number of nitrogens with zero attached hydrogens (tertiary/aromatic N) is 1. The maximum absolute atomic E-state index is 12.5. The Bertz CT molecular complexity index is 510. The number of aryl methyl sites for hydroxylation is 2. The number of likely N-dealkylation sites (tertiary alicyclic amines) is 1. The summed E-state index contributed by atoms with van der Waals surface area (Å²) in [6, 6.07) is 4.95. The van der Waals surface area contributed by atoms with Crippen LogP contribution in [0.25, 0.3) is 0 Å². The Morgan fingerprint density at radius 2 is 2.00 bits per heavy atom. The molecule has 0 saturated carbocycles. The van der Waals surface area contributed by atoms with Gasteiger partial charge in [-0.3, -0.25) is 4.79 Å². The quantitative estimate of drug-likeness (QED) is 0.889. The van der Waals surface area contributed by atoms with Crippen LogP contribution in [0, 0.1) is 13.8 Å². The summed E-state index contributed by atoms with van der Waals surface area (Å²) in [4.78, 5) is 25.3. The Hall–Kier alpha value is -1.84. The molecule has 1 aromatic carbocycles. The van der Waals surface area contributed by atoms with Crippen molar-refractivity contribution in [3.63, 3.8) is 0 Å².